The van der Waals surface area contributed by atoms with Crippen LogP contribution in [0.5, 0.6) is 0 Å². The van der Waals surface area contributed by atoms with Crippen molar-refractivity contribution in [1.29, 1.82) is 0 Å². The summed E-state index contributed by atoms with van der Waals surface area (Å²) in [5, 5.41) is 3.30. The number of carbonyl (C=O) groups excluding carboxylic acids is 2. The standard InChI is InChI=1S/C13H12ClNO3/c1-7-6-8(12(14)17)4-5-9(7)10-11(16)13(2,3)18-15-10/h4-6H,1-3H3. The van der Waals surface area contributed by atoms with Crippen molar-refractivity contribution in [2.75, 3.05) is 0 Å². The van der Waals surface area contributed by atoms with Crippen LogP contribution in [0.4, 0.5) is 0 Å². The largest absolute Gasteiger partial charge is 0.381 e. The molecule has 0 amide bonds. The minimum atomic E-state index is -0.928. The third-order valence-corrected chi connectivity index (χ3v) is 3.05. The van der Waals surface area contributed by atoms with Gasteiger partial charge in [-0.25, -0.2) is 0 Å². The van der Waals surface area contributed by atoms with Crippen LogP contribution in [0.1, 0.15) is 35.3 Å². The van der Waals surface area contributed by atoms with E-state index in [9.17, 15) is 9.59 Å². The first-order valence-electron chi connectivity index (χ1n) is 5.45. The van der Waals surface area contributed by atoms with E-state index in [0.717, 1.165) is 5.56 Å². The quantitative estimate of drug-likeness (QED) is 0.772. The van der Waals surface area contributed by atoms with Gasteiger partial charge in [-0.3, -0.25) is 9.59 Å². The van der Waals surface area contributed by atoms with E-state index in [4.69, 9.17) is 16.4 Å². The number of hydrogen-bond acceptors (Lipinski definition) is 4. The van der Waals surface area contributed by atoms with Gasteiger partial charge < -0.3 is 4.84 Å². The van der Waals surface area contributed by atoms with Gasteiger partial charge in [0.05, 0.1) is 0 Å². The number of rotatable bonds is 2. The highest BCUT2D eigenvalue weighted by Gasteiger charge is 2.40. The van der Waals surface area contributed by atoms with Crippen LogP contribution >= 0.6 is 11.6 Å². The molecule has 0 saturated carbocycles. The number of benzene rings is 1. The summed E-state index contributed by atoms with van der Waals surface area (Å²) in [6.45, 7) is 5.12. The van der Waals surface area contributed by atoms with Crippen LogP contribution in [-0.4, -0.2) is 22.3 Å². The summed E-state index contributed by atoms with van der Waals surface area (Å²) in [7, 11) is 0. The molecule has 0 bridgehead atoms. The average molecular weight is 266 g/mol. The summed E-state index contributed by atoms with van der Waals surface area (Å²) >= 11 is 5.40. The van der Waals surface area contributed by atoms with Crippen molar-refractivity contribution in [3.05, 3.63) is 34.9 Å². The first-order valence-corrected chi connectivity index (χ1v) is 5.82. The second-order valence-corrected chi connectivity index (χ2v) is 5.02. The van der Waals surface area contributed by atoms with Gasteiger partial charge in [0.2, 0.25) is 5.78 Å². The van der Waals surface area contributed by atoms with E-state index in [-0.39, 0.29) is 11.5 Å². The highest BCUT2D eigenvalue weighted by Crippen LogP contribution is 2.24. The maximum Gasteiger partial charge on any atom is 0.252 e. The molecule has 4 nitrogen and oxygen atoms in total. The molecule has 0 atom stereocenters. The van der Waals surface area contributed by atoms with Crippen LogP contribution in [0.25, 0.3) is 0 Å². The summed E-state index contributed by atoms with van der Waals surface area (Å²) in [6, 6.07) is 4.86. The van der Waals surface area contributed by atoms with Crippen LogP contribution in [0, 0.1) is 6.92 Å². The fraction of sp³-hybridized carbons (Fsp3) is 0.308. The van der Waals surface area contributed by atoms with Gasteiger partial charge >= 0.3 is 0 Å². The lowest BCUT2D eigenvalue weighted by molar-refractivity contribution is -0.128. The van der Waals surface area contributed by atoms with Gasteiger partial charge in [0.15, 0.2) is 11.3 Å². The Morgan fingerprint density at radius 1 is 1.39 bits per heavy atom. The van der Waals surface area contributed by atoms with Crippen molar-refractivity contribution in [2.24, 2.45) is 5.16 Å². The fourth-order valence-electron chi connectivity index (χ4n) is 1.75. The number of Topliss-reactive ketones (excluding diaryl/α,β-unsaturated/α-hetero) is 1. The minimum Gasteiger partial charge on any atom is -0.381 e. The van der Waals surface area contributed by atoms with Crippen LogP contribution in [-0.2, 0) is 9.63 Å². The van der Waals surface area contributed by atoms with Gasteiger partial charge in [-0.05, 0) is 50.1 Å². The second-order valence-electron chi connectivity index (χ2n) is 4.67. The van der Waals surface area contributed by atoms with E-state index in [1.54, 1.807) is 39.0 Å². The van der Waals surface area contributed by atoms with Crippen LogP contribution in [0.3, 0.4) is 0 Å². The number of nitrogens with zero attached hydrogens (tertiary/aromatic N) is 1. The van der Waals surface area contributed by atoms with E-state index in [1.165, 1.54) is 0 Å². The van der Waals surface area contributed by atoms with Gasteiger partial charge in [0, 0.05) is 11.1 Å². The van der Waals surface area contributed by atoms with Crippen molar-refractivity contribution < 1.29 is 14.4 Å². The van der Waals surface area contributed by atoms with Gasteiger partial charge in [-0.1, -0.05) is 11.2 Å². The molecule has 0 fully saturated rings. The van der Waals surface area contributed by atoms with Crippen molar-refractivity contribution in [3.63, 3.8) is 0 Å². The molecule has 1 aromatic rings. The Morgan fingerprint density at radius 3 is 2.50 bits per heavy atom. The molecule has 0 saturated heterocycles. The van der Waals surface area contributed by atoms with E-state index < -0.39 is 10.8 Å². The topological polar surface area (TPSA) is 55.7 Å². The zero-order chi connectivity index (χ0) is 13.5. The van der Waals surface area contributed by atoms with Gasteiger partial charge in [0.1, 0.15) is 0 Å². The Bertz CT molecular complexity index is 576. The number of carbonyl (C=O) groups is 2. The zero-order valence-electron chi connectivity index (χ0n) is 10.3. The zero-order valence-corrected chi connectivity index (χ0v) is 11.0. The number of ketones is 1. The Labute approximate surface area is 110 Å². The van der Waals surface area contributed by atoms with Crippen molar-refractivity contribution in [1.82, 2.24) is 0 Å². The highest BCUT2D eigenvalue weighted by molar-refractivity contribution is 6.67. The molecule has 1 aliphatic heterocycles. The molecule has 0 aromatic heterocycles. The van der Waals surface area contributed by atoms with Gasteiger partial charge in [-0.2, -0.15) is 0 Å². The van der Waals surface area contributed by atoms with Crippen molar-refractivity contribution in [3.8, 4) is 0 Å². The number of aryl methyl sites for hydroxylation is 1. The molecule has 2 rings (SSSR count). The molecular formula is C13H12ClNO3. The molecule has 0 spiro atoms. The summed E-state index contributed by atoms with van der Waals surface area (Å²) in [6.07, 6.45) is 0. The monoisotopic (exact) mass is 265 g/mol. The normalized spacial score (nSPS) is 17.3. The minimum absolute atomic E-state index is 0.171. The molecule has 1 aliphatic rings. The lowest BCUT2D eigenvalue weighted by Crippen LogP contribution is -2.33. The van der Waals surface area contributed by atoms with Crippen LogP contribution < -0.4 is 0 Å². The Hall–Kier alpha value is -1.68. The second kappa shape index (κ2) is 4.21. The Balaban J connectivity index is 2.43. The van der Waals surface area contributed by atoms with E-state index in [0.29, 0.717) is 11.1 Å². The predicted molar refractivity (Wildman–Crippen MR) is 68.1 cm³/mol. The smallest absolute Gasteiger partial charge is 0.252 e. The number of oxime groups is 1. The first kappa shape index (κ1) is 12.8. The highest BCUT2D eigenvalue weighted by atomic mass is 35.5. The molecule has 0 aliphatic carbocycles. The van der Waals surface area contributed by atoms with E-state index in [1.807, 2.05) is 0 Å². The third kappa shape index (κ3) is 2.04. The SMILES string of the molecule is Cc1cc(C(=O)Cl)ccc1C1=NOC(C)(C)C1=O. The molecule has 0 N–H and O–H groups in total. The summed E-state index contributed by atoms with van der Waals surface area (Å²) in [5.41, 5.74) is 1.17. The Morgan fingerprint density at radius 2 is 2.06 bits per heavy atom. The van der Waals surface area contributed by atoms with Gasteiger partial charge in [-0.15, -0.1) is 0 Å². The summed E-state index contributed by atoms with van der Waals surface area (Å²) in [5.74, 6) is -0.171. The molecule has 1 aromatic carbocycles. The van der Waals surface area contributed by atoms with E-state index >= 15 is 0 Å². The maximum absolute atomic E-state index is 12.0. The fourth-order valence-corrected chi connectivity index (χ4v) is 1.87. The first-order chi connectivity index (χ1) is 8.33. The Kier molecular flexibility index (Phi) is 2.99. The molecule has 5 heteroatoms. The van der Waals surface area contributed by atoms with Crippen LogP contribution in [0.15, 0.2) is 23.4 Å². The molecular weight excluding hydrogens is 254 g/mol. The summed E-state index contributed by atoms with van der Waals surface area (Å²) in [4.78, 5) is 28.2. The molecule has 0 radical (unpaired) electrons. The van der Waals surface area contributed by atoms with Crippen LogP contribution in [0.2, 0.25) is 0 Å². The number of halogens is 1. The van der Waals surface area contributed by atoms with Gasteiger partial charge in [0.25, 0.3) is 5.24 Å². The number of hydrogen-bond donors (Lipinski definition) is 0. The molecule has 18 heavy (non-hydrogen) atoms. The maximum atomic E-state index is 12.0. The molecule has 0 unspecified atom stereocenters. The third-order valence-electron chi connectivity index (χ3n) is 2.84. The lowest BCUT2D eigenvalue weighted by Gasteiger charge is -2.12. The summed E-state index contributed by atoms with van der Waals surface area (Å²) < 4.78 is 0. The van der Waals surface area contributed by atoms with Crippen molar-refractivity contribution >= 4 is 28.3 Å². The molecule has 94 valence electrons. The van der Waals surface area contributed by atoms with E-state index in [2.05, 4.69) is 5.16 Å². The lowest BCUT2D eigenvalue weighted by atomic mass is 9.93. The predicted octanol–water partition coefficient (Wildman–Crippen LogP) is 2.46. The average Bonchev–Trinajstić information content (AvgIpc) is 2.55. The molecule has 1 heterocycles. The van der Waals surface area contributed by atoms with Crippen molar-refractivity contribution in [2.45, 2.75) is 26.4 Å².